The van der Waals surface area contributed by atoms with Crippen molar-refractivity contribution in [1.82, 2.24) is 10.2 Å². The first-order valence-corrected chi connectivity index (χ1v) is 5.59. The smallest absolute Gasteiger partial charge is 0.128 e. The number of hydrogen-bond donors (Lipinski definition) is 4. The average molecular weight is 216 g/mol. The van der Waals surface area contributed by atoms with Crippen molar-refractivity contribution < 1.29 is 15.3 Å². The van der Waals surface area contributed by atoms with Gasteiger partial charge in [0, 0.05) is 19.6 Å². The van der Waals surface area contributed by atoms with Gasteiger partial charge in [0.2, 0.25) is 0 Å². The Bertz CT molecular complexity index is 233. The molecule has 2 aliphatic heterocycles. The molecule has 15 heavy (non-hydrogen) atoms. The van der Waals surface area contributed by atoms with Crippen molar-refractivity contribution in [3.05, 3.63) is 0 Å². The van der Waals surface area contributed by atoms with E-state index in [1.54, 1.807) is 6.92 Å². The zero-order valence-electron chi connectivity index (χ0n) is 9.06. The molecule has 2 saturated heterocycles. The van der Waals surface area contributed by atoms with Gasteiger partial charge in [0.05, 0.1) is 11.6 Å². The van der Waals surface area contributed by atoms with Gasteiger partial charge < -0.3 is 20.6 Å². The number of likely N-dealkylation sites (tertiary alicyclic amines) is 1. The second-order valence-electron chi connectivity index (χ2n) is 4.79. The van der Waals surface area contributed by atoms with Gasteiger partial charge in [-0.05, 0) is 19.8 Å². The fourth-order valence-electron chi connectivity index (χ4n) is 2.55. The quantitative estimate of drug-likeness (QED) is 0.451. The zero-order chi connectivity index (χ0) is 11.1. The van der Waals surface area contributed by atoms with E-state index < -0.39 is 24.0 Å². The Balaban J connectivity index is 2.07. The van der Waals surface area contributed by atoms with Crippen molar-refractivity contribution in [3.63, 3.8) is 0 Å². The van der Waals surface area contributed by atoms with Crippen LogP contribution in [0.3, 0.4) is 0 Å². The van der Waals surface area contributed by atoms with Crippen molar-refractivity contribution in [3.8, 4) is 0 Å². The molecule has 0 aliphatic carbocycles. The minimum absolute atomic E-state index is 0.336. The van der Waals surface area contributed by atoms with Crippen LogP contribution in [0.15, 0.2) is 0 Å². The molecule has 0 radical (unpaired) electrons. The molecule has 2 aliphatic rings. The summed E-state index contributed by atoms with van der Waals surface area (Å²) in [6, 6.07) is 0. The Kier molecular flexibility index (Phi) is 3.00. The second kappa shape index (κ2) is 3.99. The third-order valence-electron chi connectivity index (χ3n) is 3.69. The first-order valence-electron chi connectivity index (χ1n) is 5.59. The summed E-state index contributed by atoms with van der Waals surface area (Å²) < 4.78 is 0. The monoisotopic (exact) mass is 216 g/mol. The van der Waals surface area contributed by atoms with E-state index in [1.165, 1.54) is 0 Å². The number of hydrogen-bond acceptors (Lipinski definition) is 5. The lowest BCUT2D eigenvalue weighted by Gasteiger charge is -2.38. The highest BCUT2D eigenvalue weighted by Gasteiger charge is 2.50. The Morgan fingerprint density at radius 1 is 1.33 bits per heavy atom. The summed E-state index contributed by atoms with van der Waals surface area (Å²) in [6.07, 6.45) is -0.245. The maximum Gasteiger partial charge on any atom is 0.128 e. The average Bonchev–Trinajstić information content (AvgIpc) is 2.83. The largest absolute Gasteiger partial charge is 0.389 e. The van der Waals surface area contributed by atoms with Crippen LogP contribution in [0, 0.1) is 0 Å². The predicted octanol–water partition coefficient (Wildman–Crippen LogP) is -1.52. The van der Waals surface area contributed by atoms with Gasteiger partial charge >= 0.3 is 0 Å². The summed E-state index contributed by atoms with van der Waals surface area (Å²) in [7, 11) is 0. The number of rotatable bonds is 2. The standard InChI is InChI=1S/C10H20N2O3/c1-10(8(14)7(13)6-11-10)9(15)12-4-2-3-5-12/h7-9,11,13-15H,2-6H2,1H3/t7-,8-,9?,10+/m1/s1. The van der Waals surface area contributed by atoms with Crippen molar-refractivity contribution in [2.75, 3.05) is 19.6 Å². The lowest BCUT2D eigenvalue weighted by molar-refractivity contribution is -0.0950. The second-order valence-corrected chi connectivity index (χ2v) is 4.79. The van der Waals surface area contributed by atoms with Crippen LogP contribution in [-0.2, 0) is 0 Å². The van der Waals surface area contributed by atoms with E-state index in [2.05, 4.69) is 5.32 Å². The maximum atomic E-state index is 10.2. The molecule has 0 saturated carbocycles. The number of nitrogens with zero attached hydrogens (tertiary/aromatic N) is 1. The van der Waals surface area contributed by atoms with Gasteiger partial charge in [0.1, 0.15) is 12.3 Å². The lowest BCUT2D eigenvalue weighted by atomic mass is 9.93. The molecule has 0 aromatic heterocycles. The van der Waals surface area contributed by atoms with E-state index in [4.69, 9.17) is 0 Å². The van der Waals surface area contributed by atoms with Crippen molar-refractivity contribution in [2.45, 2.75) is 43.7 Å². The molecule has 2 rings (SSSR count). The molecule has 0 amide bonds. The third-order valence-corrected chi connectivity index (χ3v) is 3.69. The van der Waals surface area contributed by atoms with Crippen LogP contribution in [0.25, 0.3) is 0 Å². The Morgan fingerprint density at radius 3 is 2.40 bits per heavy atom. The van der Waals surface area contributed by atoms with Gasteiger partial charge in [-0.3, -0.25) is 4.90 Å². The zero-order valence-corrected chi connectivity index (χ0v) is 9.06. The highest BCUT2D eigenvalue weighted by Crippen LogP contribution is 2.27. The molecule has 1 unspecified atom stereocenters. The van der Waals surface area contributed by atoms with Gasteiger partial charge in [-0.15, -0.1) is 0 Å². The summed E-state index contributed by atoms with van der Waals surface area (Å²) >= 11 is 0. The van der Waals surface area contributed by atoms with E-state index in [0.29, 0.717) is 6.54 Å². The van der Waals surface area contributed by atoms with Gasteiger partial charge in [-0.2, -0.15) is 0 Å². The lowest BCUT2D eigenvalue weighted by Crippen LogP contribution is -2.61. The molecule has 0 aromatic rings. The maximum absolute atomic E-state index is 10.2. The highest BCUT2D eigenvalue weighted by molar-refractivity contribution is 5.05. The minimum atomic E-state index is -0.909. The third kappa shape index (κ3) is 1.79. The first-order chi connectivity index (χ1) is 7.05. The molecule has 5 nitrogen and oxygen atoms in total. The summed E-state index contributed by atoms with van der Waals surface area (Å²) in [5.74, 6) is 0. The molecular weight excluding hydrogens is 196 g/mol. The molecule has 0 bridgehead atoms. The fraction of sp³-hybridized carbons (Fsp3) is 1.00. The Morgan fingerprint density at radius 2 is 1.93 bits per heavy atom. The minimum Gasteiger partial charge on any atom is -0.389 e. The van der Waals surface area contributed by atoms with Crippen LogP contribution in [0.1, 0.15) is 19.8 Å². The van der Waals surface area contributed by atoms with Crippen LogP contribution in [0.2, 0.25) is 0 Å². The van der Waals surface area contributed by atoms with Crippen LogP contribution in [0.4, 0.5) is 0 Å². The predicted molar refractivity (Wildman–Crippen MR) is 55.2 cm³/mol. The molecule has 4 N–H and O–H groups in total. The van der Waals surface area contributed by atoms with Crippen molar-refractivity contribution in [1.29, 1.82) is 0 Å². The van der Waals surface area contributed by atoms with Crippen LogP contribution in [-0.4, -0.2) is 63.8 Å². The topological polar surface area (TPSA) is 76.0 Å². The van der Waals surface area contributed by atoms with E-state index in [-0.39, 0.29) is 0 Å². The molecular formula is C10H20N2O3. The van der Waals surface area contributed by atoms with Crippen LogP contribution in [0.5, 0.6) is 0 Å². The van der Waals surface area contributed by atoms with Crippen LogP contribution < -0.4 is 5.32 Å². The summed E-state index contributed by atoms with van der Waals surface area (Å²) in [5, 5.41) is 32.5. The molecule has 5 heteroatoms. The van der Waals surface area contributed by atoms with Gasteiger partial charge in [-0.25, -0.2) is 0 Å². The van der Waals surface area contributed by atoms with Crippen LogP contribution >= 0.6 is 0 Å². The molecule has 4 atom stereocenters. The normalized spacial score (nSPS) is 44.8. The number of aliphatic hydroxyl groups is 3. The van der Waals surface area contributed by atoms with Gasteiger partial charge in [-0.1, -0.05) is 0 Å². The number of nitrogens with one attached hydrogen (secondary N) is 1. The van der Waals surface area contributed by atoms with E-state index in [9.17, 15) is 15.3 Å². The first kappa shape index (κ1) is 11.3. The number of β-amino-alcohol motifs (C(OH)–C–C–N with tert-alkyl or cyclic N) is 1. The Hall–Kier alpha value is -0.200. The van der Waals surface area contributed by atoms with Crippen molar-refractivity contribution in [2.24, 2.45) is 0 Å². The van der Waals surface area contributed by atoms with E-state index >= 15 is 0 Å². The SMILES string of the molecule is C[C@]1(C(O)N2CCCC2)NC[C@@H](O)[C@H]1O. The summed E-state index contributed by atoms with van der Waals surface area (Å²) in [4.78, 5) is 1.95. The Labute approximate surface area is 89.7 Å². The molecule has 2 heterocycles. The van der Waals surface area contributed by atoms with E-state index in [0.717, 1.165) is 25.9 Å². The fourth-order valence-corrected chi connectivity index (χ4v) is 2.55. The van der Waals surface area contributed by atoms with Crippen molar-refractivity contribution >= 4 is 0 Å². The molecule has 0 spiro atoms. The molecule has 0 aromatic carbocycles. The number of aliphatic hydroxyl groups excluding tert-OH is 3. The molecule has 88 valence electrons. The summed E-state index contributed by atoms with van der Waals surface area (Å²) in [6.45, 7) is 3.82. The molecule has 2 fully saturated rings. The van der Waals surface area contributed by atoms with Gasteiger partial charge in [0.15, 0.2) is 0 Å². The summed E-state index contributed by atoms with van der Waals surface area (Å²) in [5.41, 5.74) is -0.816. The highest BCUT2D eigenvalue weighted by atomic mass is 16.3. The van der Waals surface area contributed by atoms with E-state index in [1.807, 2.05) is 4.90 Å². The van der Waals surface area contributed by atoms with Gasteiger partial charge in [0.25, 0.3) is 0 Å².